The third-order valence-electron chi connectivity index (χ3n) is 2.73. The summed E-state index contributed by atoms with van der Waals surface area (Å²) in [5.74, 6) is 0.989. The van der Waals surface area contributed by atoms with Crippen molar-refractivity contribution in [3.05, 3.63) is 23.9 Å². The van der Waals surface area contributed by atoms with E-state index in [1.807, 2.05) is 12.1 Å². The lowest BCUT2D eigenvalue weighted by atomic mass is 10.3. The highest BCUT2D eigenvalue weighted by atomic mass is 16.3. The molecule has 0 aliphatic heterocycles. The topological polar surface area (TPSA) is 39.6 Å². The Morgan fingerprint density at radius 1 is 1.24 bits per heavy atom. The summed E-state index contributed by atoms with van der Waals surface area (Å²) in [6.07, 6.45) is 2.87. The van der Waals surface area contributed by atoms with E-state index >= 15 is 0 Å². The normalized spacial score (nSPS) is 10.9. The smallest absolute Gasteiger partial charge is 0.128 e. The van der Waals surface area contributed by atoms with Crippen molar-refractivity contribution in [3.63, 3.8) is 0 Å². The van der Waals surface area contributed by atoms with Crippen LogP contribution in [0.2, 0.25) is 0 Å². The first-order chi connectivity index (χ1) is 8.17. The average molecular weight is 237 g/mol. The molecular weight excluding hydrogens is 214 g/mol. The second kappa shape index (κ2) is 7.25. The van der Waals surface area contributed by atoms with Crippen LogP contribution in [0.25, 0.3) is 0 Å². The van der Waals surface area contributed by atoms with Gasteiger partial charge in [-0.1, -0.05) is 6.07 Å². The number of pyridine rings is 1. The molecule has 0 radical (unpaired) electrons. The van der Waals surface area contributed by atoms with E-state index in [2.05, 4.69) is 35.8 Å². The Labute approximate surface area is 104 Å². The number of hydrogen-bond donors (Lipinski definition) is 1. The first-order valence-corrected chi connectivity index (χ1v) is 6.12. The number of aliphatic hydroxyl groups is 1. The molecule has 4 nitrogen and oxygen atoms in total. The first kappa shape index (κ1) is 13.9. The van der Waals surface area contributed by atoms with Gasteiger partial charge in [-0.15, -0.1) is 0 Å². The van der Waals surface area contributed by atoms with Crippen molar-refractivity contribution >= 4 is 5.82 Å². The van der Waals surface area contributed by atoms with E-state index in [0.29, 0.717) is 0 Å². The highest BCUT2D eigenvalue weighted by molar-refractivity contribution is 5.38. The maximum atomic E-state index is 8.97. The van der Waals surface area contributed by atoms with Crippen LogP contribution in [-0.4, -0.2) is 48.7 Å². The molecule has 1 heterocycles. The standard InChI is InChI=1S/C13H23N3O/c1-4-16(9-5-8-15(2)3)13-7-6-12(11-17)10-14-13/h6-7,10,17H,4-5,8-9,11H2,1-3H3. The largest absolute Gasteiger partial charge is 0.392 e. The third-order valence-corrected chi connectivity index (χ3v) is 2.73. The van der Waals surface area contributed by atoms with Crippen molar-refractivity contribution in [3.8, 4) is 0 Å². The molecule has 1 N–H and O–H groups in total. The van der Waals surface area contributed by atoms with Gasteiger partial charge in [0.1, 0.15) is 5.82 Å². The predicted octanol–water partition coefficient (Wildman–Crippen LogP) is 1.35. The minimum Gasteiger partial charge on any atom is -0.392 e. The van der Waals surface area contributed by atoms with Crippen molar-refractivity contribution in [1.82, 2.24) is 9.88 Å². The first-order valence-electron chi connectivity index (χ1n) is 6.12. The van der Waals surface area contributed by atoms with Crippen molar-refractivity contribution < 1.29 is 5.11 Å². The van der Waals surface area contributed by atoms with Crippen molar-refractivity contribution in [2.24, 2.45) is 0 Å². The molecule has 0 amide bonds. The summed E-state index contributed by atoms with van der Waals surface area (Å²) in [4.78, 5) is 8.82. The zero-order valence-electron chi connectivity index (χ0n) is 11.1. The Bertz CT molecular complexity index is 311. The quantitative estimate of drug-likeness (QED) is 0.777. The van der Waals surface area contributed by atoms with Crippen LogP contribution in [0.15, 0.2) is 18.3 Å². The number of anilines is 1. The minimum atomic E-state index is 0.0556. The molecule has 0 saturated heterocycles. The van der Waals surface area contributed by atoms with Crippen LogP contribution in [0.5, 0.6) is 0 Å². The van der Waals surface area contributed by atoms with Gasteiger partial charge in [0.25, 0.3) is 0 Å². The van der Waals surface area contributed by atoms with E-state index in [1.165, 1.54) is 0 Å². The van der Waals surface area contributed by atoms with Crippen LogP contribution < -0.4 is 4.90 Å². The number of rotatable bonds is 7. The van der Waals surface area contributed by atoms with E-state index in [0.717, 1.165) is 37.4 Å². The van der Waals surface area contributed by atoms with Gasteiger partial charge in [0, 0.05) is 19.3 Å². The van der Waals surface area contributed by atoms with Gasteiger partial charge in [0.05, 0.1) is 6.61 Å². The van der Waals surface area contributed by atoms with Gasteiger partial charge in [-0.05, 0) is 45.6 Å². The summed E-state index contributed by atoms with van der Waals surface area (Å²) in [5, 5.41) is 8.97. The Morgan fingerprint density at radius 3 is 2.47 bits per heavy atom. The second-order valence-electron chi connectivity index (χ2n) is 4.42. The van der Waals surface area contributed by atoms with Crippen LogP contribution in [0.3, 0.4) is 0 Å². The maximum absolute atomic E-state index is 8.97. The summed E-state index contributed by atoms with van der Waals surface area (Å²) < 4.78 is 0. The van der Waals surface area contributed by atoms with Gasteiger partial charge < -0.3 is 14.9 Å². The monoisotopic (exact) mass is 237 g/mol. The minimum absolute atomic E-state index is 0.0556. The van der Waals surface area contributed by atoms with Gasteiger partial charge in [-0.2, -0.15) is 0 Å². The number of aliphatic hydroxyl groups excluding tert-OH is 1. The van der Waals surface area contributed by atoms with Crippen LogP contribution in [-0.2, 0) is 6.61 Å². The third kappa shape index (κ3) is 4.71. The molecule has 0 spiro atoms. The Balaban J connectivity index is 2.53. The van der Waals surface area contributed by atoms with E-state index in [4.69, 9.17) is 5.11 Å². The lowest BCUT2D eigenvalue weighted by molar-refractivity contribution is 0.281. The molecule has 1 rings (SSSR count). The summed E-state index contributed by atoms with van der Waals surface area (Å²) in [6.45, 7) is 5.25. The van der Waals surface area contributed by atoms with E-state index in [1.54, 1.807) is 6.20 Å². The van der Waals surface area contributed by atoms with Crippen molar-refractivity contribution in [2.75, 3.05) is 38.6 Å². The lowest BCUT2D eigenvalue weighted by Gasteiger charge is -2.22. The van der Waals surface area contributed by atoms with Crippen molar-refractivity contribution in [2.45, 2.75) is 20.0 Å². The number of hydrogen-bond acceptors (Lipinski definition) is 4. The second-order valence-corrected chi connectivity index (χ2v) is 4.42. The van der Waals surface area contributed by atoms with Gasteiger partial charge in [-0.3, -0.25) is 0 Å². The molecule has 4 heteroatoms. The van der Waals surface area contributed by atoms with Gasteiger partial charge in [0.2, 0.25) is 0 Å². The van der Waals surface area contributed by atoms with Gasteiger partial charge in [-0.25, -0.2) is 4.98 Å². The number of aromatic nitrogens is 1. The molecule has 0 atom stereocenters. The molecule has 0 aliphatic rings. The maximum Gasteiger partial charge on any atom is 0.128 e. The Hall–Kier alpha value is -1.13. The highest BCUT2D eigenvalue weighted by Gasteiger charge is 2.05. The Kier molecular flexibility index (Phi) is 5.94. The molecular formula is C13H23N3O. The van der Waals surface area contributed by atoms with E-state index < -0.39 is 0 Å². The van der Waals surface area contributed by atoms with Gasteiger partial charge >= 0.3 is 0 Å². The molecule has 1 aromatic heterocycles. The fourth-order valence-corrected chi connectivity index (χ4v) is 1.71. The van der Waals surface area contributed by atoms with Gasteiger partial charge in [0.15, 0.2) is 0 Å². The van der Waals surface area contributed by atoms with Crippen LogP contribution in [0.4, 0.5) is 5.82 Å². The highest BCUT2D eigenvalue weighted by Crippen LogP contribution is 2.11. The molecule has 0 fully saturated rings. The summed E-state index contributed by atoms with van der Waals surface area (Å²) in [6, 6.07) is 3.90. The van der Waals surface area contributed by atoms with E-state index in [9.17, 15) is 0 Å². The zero-order chi connectivity index (χ0) is 12.7. The summed E-state index contributed by atoms with van der Waals surface area (Å²) in [7, 11) is 4.18. The molecule has 96 valence electrons. The van der Waals surface area contributed by atoms with Crippen LogP contribution in [0, 0.1) is 0 Å². The Morgan fingerprint density at radius 2 is 2.00 bits per heavy atom. The zero-order valence-corrected chi connectivity index (χ0v) is 11.1. The molecule has 0 aromatic carbocycles. The average Bonchev–Trinajstić information content (AvgIpc) is 2.34. The molecule has 0 bridgehead atoms. The van der Waals surface area contributed by atoms with Crippen LogP contribution >= 0.6 is 0 Å². The molecule has 0 unspecified atom stereocenters. The van der Waals surface area contributed by atoms with Crippen molar-refractivity contribution in [1.29, 1.82) is 0 Å². The lowest BCUT2D eigenvalue weighted by Crippen LogP contribution is -2.27. The summed E-state index contributed by atoms with van der Waals surface area (Å²) >= 11 is 0. The molecule has 0 aliphatic carbocycles. The predicted molar refractivity (Wildman–Crippen MR) is 71.2 cm³/mol. The molecule has 1 aromatic rings. The molecule has 17 heavy (non-hydrogen) atoms. The summed E-state index contributed by atoms with van der Waals surface area (Å²) in [5.41, 5.74) is 0.859. The SMILES string of the molecule is CCN(CCCN(C)C)c1ccc(CO)cn1. The van der Waals surface area contributed by atoms with Crippen LogP contribution in [0.1, 0.15) is 18.9 Å². The fraction of sp³-hybridized carbons (Fsp3) is 0.615. The van der Waals surface area contributed by atoms with E-state index in [-0.39, 0.29) is 6.61 Å². The number of nitrogens with zero attached hydrogens (tertiary/aromatic N) is 3. The molecule has 0 saturated carbocycles. The fourth-order valence-electron chi connectivity index (χ4n) is 1.71.